The molecule has 1 unspecified atom stereocenters. The highest BCUT2D eigenvalue weighted by Gasteiger charge is 2.35. The number of hydrogen-bond donors (Lipinski definition) is 0. The van der Waals surface area contributed by atoms with E-state index in [4.69, 9.17) is 11.6 Å². The van der Waals surface area contributed by atoms with Gasteiger partial charge in [-0.05, 0) is 97.7 Å². The summed E-state index contributed by atoms with van der Waals surface area (Å²) in [5.41, 5.74) is 3.61. The van der Waals surface area contributed by atoms with Crippen LogP contribution in [0.2, 0.25) is 5.02 Å². The summed E-state index contributed by atoms with van der Waals surface area (Å²) in [6.45, 7) is 2.37. The summed E-state index contributed by atoms with van der Waals surface area (Å²) in [5.74, 6) is 10.2. The van der Waals surface area contributed by atoms with Crippen LogP contribution in [0.25, 0.3) is 0 Å². The first-order valence-corrected chi connectivity index (χ1v) is 11.0. The van der Waals surface area contributed by atoms with Gasteiger partial charge >= 0.3 is 0 Å². The lowest BCUT2D eigenvalue weighted by Crippen LogP contribution is -2.30. The molecule has 0 aromatic heterocycles. The van der Waals surface area contributed by atoms with Gasteiger partial charge in [0.25, 0.3) is 0 Å². The van der Waals surface area contributed by atoms with Crippen molar-refractivity contribution in [3.05, 3.63) is 70.2 Å². The lowest BCUT2D eigenvalue weighted by atomic mass is 9.63. The predicted octanol–water partition coefficient (Wildman–Crippen LogP) is 7.45. The Labute approximate surface area is 169 Å². The van der Waals surface area contributed by atoms with E-state index in [-0.39, 0.29) is 0 Å². The van der Waals surface area contributed by atoms with Crippen molar-refractivity contribution in [1.82, 2.24) is 0 Å². The topological polar surface area (TPSA) is 0 Å². The van der Waals surface area contributed by atoms with Gasteiger partial charge in [-0.15, -0.1) is 0 Å². The fourth-order valence-corrected chi connectivity index (χ4v) is 5.30. The molecule has 2 aliphatic rings. The summed E-state index contributed by atoms with van der Waals surface area (Å²) in [7, 11) is 0. The highest BCUT2D eigenvalue weighted by molar-refractivity contribution is 6.30. The maximum absolute atomic E-state index is 5.93. The summed E-state index contributed by atoms with van der Waals surface area (Å²) in [6, 6.07) is 16.7. The van der Waals surface area contributed by atoms with E-state index < -0.39 is 0 Å². The first-order chi connectivity index (χ1) is 13.2. The second-order valence-corrected chi connectivity index (χ2v) is 8.93. The number of hydrogen-bond acceptors (Lipinski definition) is 0. The van der Waals surface area contributed by atoms with Gasteiger partial charge in [-0.3, -0.25) is 0 Å². The predicted molar refractivity (Wildman–Crippen MR) is 115 cm³/mol. The fourth-order valence-electron chi connectivity index (χ4n) is 5.18. The van der Waals surface area contributed by atoms with Gasteiger partial charge in [-0.1, -0.05) is 55.3 Å². The largest absolute Gasteiger partial charge is 0.0843 e. The van der Waals surface area contributed by atoms with E-state index in [0.29, 0.717) is 0 Å². The molecule has 2 saturated carbocycles. The minimum absolute atomic E-state index is 0.753. The van der Waals surface area contributed by atoms with Crippen molar-refractivity contribution in [2.75, 3.05) is 0 Å². The second kappa shape index (κ2) is 8.53. The standard InChI is InChI=1S/C26H29Cl/c1-2-19-5-12-25-18-24(14-13-23(25)17-19)22-10-6-20(7-11-22)3-4-21-8-15-26(27)16-9-21/h6-11,15-16,19,23-25H,2,5,12-14,17-18H2,1H3/t19?,23-,24-,25-/m1/s1. The van der Waals surface area contributed by atoms with E-state index in [0.717, 1.165) is 39.8 Å². The second-order valence-electron chi connectivity index (χ2n) is 8.50. The smallest absolute Gasteiger partial charge is 0.0406 e. The van der Waals surface area contributed by atoms with Gasteiger partial charge in [0.15, 0.2) is 0 Å². The number of halogens is 1. The van der Waals surface area contributed by atoms with Crippen LogP contribution in [0.3, 0.4) is 0 Å². The molecule has 0 heterocycles. The molecule has 4 rings (SSSR count). The van der Waals surface area contributed by atoms with Crippen LogP contribution in [-0.4, -0.2) is 0 Å². The summed E-state index contributed by atoms with van der Waals surface area (Å²) in [5, 5.41) is 0.753. The first kappa shape index (κ1) is 18.6. The van der Waals surface area contributed by atoms with Gasteiger partial charge < -0.3 is 0 Å². The maximum atomic E-state index is 5.93. The minimum Gasteiger partial charge on any atom is -0.0843 e. The van der Waals surface area contributed by atoms with Crippen LogP contribution < -0.4 is 0 Å². The zero-order chi connectivity index (χ0) is 18.6. The molecule has 0 N–H and O–H groups in total. The van der Waals surface area contributed by atoms with E-state index in [9.17, 15) is 0 Å². The summed E-state index contributed by atoms with van der Waals surface area (Å²) in [4.78, 5) is 0. The summed E-state index contributed by atoms with van der Waals surface area (Å²) >= 11 is 5.93. The van der Waals surface area contributed by atoms with Crippen LogP contribution in [0.5, 0.6) is 0 Å². The van der Waals surface area contributed by atoms with Crippen molar-refractivity contribution in [3.8, 4) is 11.8 Å². The van der Waals surface area contributed by atoms with Gasteiger partial charge in [0.2, 0.25) is 0 Å². The number of rotatable bonds is 2. The van der Waals surface area contributed by atoms with Gasteiger partial charge in [-0.25, -0.2) is 0 Å². The fraction of sp³-hybridized carbons (Fsp3) is 0.462. The van der Waals surface area contributed by atoms with E-state index in [1.165, 1.54) is 50.5 Å². The summed E-state index contributed by atoms with van der Waals surface area (Å²) in [6.07, 6.45) is 10.0. The number of fused-ring (bicyclic) bond motifs is 1. The highest BCUT2D eigenvalue weighted by Crippen LogP contribution is 2.48. The van der Waals surface area contributed by atoms with Crippen molar-refractivity contribution in [3.63, 3.8) is 0 Å². The van der Waals surface area contributed by atoms with Crippen molar-refractivity contribution < 1.29 is 0 Å². The molecule has 2 aliphatic carbocycles. The Hall–Kier alpha value is -1.71. The van der Waals surface area contributed by atoms with Gasteiger partial charge in [-0.2, -0.15) is 0 Å². The van der Waals surface area contributed by atoms with E-state index in [1.54, 1.807) is 0 Å². The number of benzene rings is 2. The van der Waals surface area contributed by atoms with Crippen LogP contribution in [0.1, 0.15) is 74.5 Å². The molecule has 27 heavy (non-hydrogen) atoms. The third-order valence-electron chi connectivity index (χ3n) is 6.88. The molecule has 2 aromatic rings. The van der Waals surface area contributed by atoms with Crippen LogP contribution in [0, 0.1) is 29.6 Å². The average molecular weight is 377 g/mol. The molecule has 4 atom stereocenters. The lowest BCUT2D eigenvalue weighted by molar-refractivity contribution is 0.116. The average Bonchev–Trinajstić information content (AvgIpc) is 2.73. The molecule has 0 amide bonds. The monoisotopic (exact) mass is 376 g/mol. The Morgan fingerprint density at radius 2 is 1.37 bits per heavy atom. The Bertz CT molecular complexity index is 806. The maximum Gasteiger partial charge on any atom is 0.0406 e. The van der Waals surface area contributed by atoms with Crippen LogP contribution in [0.4, 0.5) is 0 Å². The van der Waals surface area contributed by atoms with Crippen LogP contribution in [0.15, 0.2) is 48.5 Å². The zero-order valence-corrected chi connectivity index (χ0v) is 17.0. The Morgan fingerprint density at radius 3 is 2.04 bits per heavy atom. The van der Waals surface area contributed by atoms with Crippen LogP contribution >= 0.6 is 11.6 Å². The Morgan fingerprint density at radius 1 is 0.778 bits per heavy atom. The third-order valence-corrected chi connectivity index (χ3v) is 7.13. The van der Waals surface area contributed by atoms with Crippen molar-refractivity contribution in [2.45, 2.75) is 57.8 Å². The molecule has 0 radical (unpaired) electrons. The van der Waals surface area contributed by atoms with E-state index in [1.807, 2.05) is 24.3 Å². The molecule has 0 nitrogen and oxygen atoms in total. The first-order valence-electron chi connectivity index (χ1n) is 10.6. The van der Waals surface area contributed by atoms with Crippen molar-refractivity contribution in [1.29, 1.82) is 0 Å². The molecule has 0 bridgehead atoms. The molecule has 0 spiro atoms. The third kappa shape index (κ3) is 4.59. The summed E-state index contributed by atoms with van der Waals surface area (Å²) < 4.78 is 0. The molecule has 0 saturated heterocycles. The Kier molecular flexibility index (Phi) is 5.89. The van der Waals surface area contributed by atoms with Crippen molar-refractivity contribution >= 4 is 11.6 Å². The van der Waals surface area contributed by atoms with Gasteiger partial charge in [0, 0.05) is 16.1 Å². The molecule has 2 aromatic carbocycles. The molecular weight excluding hydrogens is 348 g/mol. The molecule has 0 aliphatic heterocycles. The SMILES string of the molecule is CCC1CC[C@@H]2C[C@H](c3ccc(C#Cc4ccc(Cl)cc4)cc3)CC[C@@H]2C1. The minimum atomic E-state index is 0.753. The molecule has 1 heteroatoms. The molecular formula is C26H29Cl. The van der Waals surface area contributed by atoms with E-state index >= 15 is 0 Å². The molecule has 2 fully saturated rings. The van der Waals surface area contributed by atoms with Gasteiger partial charge in [0.05, 0.1) is 0 Å². The van der Waals surface area contributed by atoms with Crippen molar-refractivity contribution in [2.24, 2.45) is 17.8 Å². The normalized spacial score (nSPS) is 27.3. The quantitative estimate of drug-likeness (QED) is 0.477. The lowest BCUT2D eigenvalue weighted by Gasteiger charge is -2.42. The molecule has 140 valence electrons. The zero-order valence-electron chi connectivity index (χ0n) is 16.3. The van der Waals surface area contributed by atoms with Gasteiger partial charge in [0.1, 0.15) is 0 Å². The highest BCUT2D eigenvalue weighted by atomic mass is 35.5. The van der Waals surface area contributed by atoms with E-state index in [2.05, 4.69) is 43.0 Å². The Balaban J connectivity index is 1.39. The van der Waals surface area contributed by atoms with Crippen LogP contribution in [-0.2, 0) is 0 Å².